The second kappa shape index (κ2) is 7.13. The molecule has 23 heavy (non-hydrogen) atoms. The van der Waals surface area contributed by atoms with Crippen LogP contribution in [0.25, 0.3) is 11.0 Å². The summed E-state index contributed by atoms with van der Waals surface area (Å²) in [5, 5.41) is 2.67. The number of hydrogen-bond acceptors (Lipinski definition) is 3. The van der Waals surface area contributed by atoms with Gasteiger partial charge in [-0.3, -0.25) is 18.7 Å². The van der Waals surface area contributed by atoms with Gasteiger partial charge in [-0.2, -0.15) is 0 Å². The van der Waals surface area contributed by atoms with Crippen molar-refractivity contribution in [1.29, 1.82) is 0 Å². The third-order valence-corrected chi connectivity index (χ3v) is 3.79. The molecule has 0 saturated carbocycles. The largest absolute Gasteiger partial charge is 0.355 e. The van der Waals surface area contributed by atoms with Gasteiger partial charge in [0.25, 0.3) is 0 Å². The molecule has 1 aromatic heterocycles. The van der Waals surface area contributed by atoms with E-state index in [-0.39, 0.29) is 30.6 Å². The number of imidazole rings is 1. The van der Waals surface area contributed by atoms with Gasteiger partial charge in [0.05, 0.1) is 17.6 Å². The van der Waals surface area contributed by atoms with Gasteiger partial charge in [0.1, 0.15) is 6.54 Å². The fourth-order valence-corrected chi connectivity index (χ4v) is 2.55. The molecule has 1 aromatic carbocycles. The Morgan fingerprint density at radius 3 is 2.43 bits per heavy atom. The highest BCUT2D eigenvalue weighted by Crippen LogP contribution is 2.11. The van der Waals surface area contributed by atoms with E-state index in [1.165, 1.54) is 14.0 Å². The van der Waals surface area contributed by atoms with E-state index in [4.69, 9.17) is 0 Å². The summed E-state index contributed by atoms with van der Waals surface area (Å²) in [6.45, 7) is 4.49. The van der Waals surface area contributed by atoms with Crippen LogP contribution < -0.4 is 11.0 Å². The number of nitrogens with one attached hydrogen (secondary N) is 1. The van der Waals surface area contributed by atoms with E-state index in [1.807, 2.05) is 38.1 Å². The molecule has 2 rings (SSSR count). The third kappa shape index (κ3) is 3.44. The average molecular weight is 318 g/mol. The predicted octanol–water partition coefficient (Wildman–Crippen LogP) is 0.325. The van der Waals surface area contributed by atoms with Gasteiger partial charge in [0, 0.05) is 20.1 Å². The molecule has 0 spiro atoms. The summed E-state index contributed by atoms with van der Waals surface area (Å²) in [5.74, 6) is -0.454. The second-order valence-corrected chi connectivity index (χ2v) is 5.28. The Labute approximate surface area is 134 Å². The molecule has 0 saturated heterocycles. The average Bonchev–Trinajstić information content (AvgIpc) is 2.78. The number of fused-ring (bicyclic) bond motifs is 1. The van der Waals surface area contributed by atoms with Crippen molar-refractivity contribution in [2.24, 2.45) is 7.05 Å². The van der Waals surface area contributed by atoms with Gasteiger partial charge in [-0.15, -0.1) is 0 Å². The maximum Gasteiger partial charge on any atom is 0.329 e. The third-order valence-electron chi connectivity index (χ3n) is 3.79. The van der Waals surface area contributed by atoms with Gasteiger partial charge in [0.15, 0.2) is 0 Å². The van der Waals surface area contributed by atoms with Gasteiger partial charge < -0.3 is 10.2 Å². The lowest BCUT2D eigenvalue weighted by molar-refractivity contribution is -0.136. The van der Waals surface area contributed by atoms with E-state index in [0.717, 1.165) is 5.52 Å². The van der Waals surface area contributed by atoms with E-state index in [2.05, 4.69) is 5.32 Å². The van der Waals surface area contributed by atoms with Gasteiger partial charge in [-0.05, 0) is 26.0 Å². The summed E-state index contributed by atoms with van der Waals surface area (Å²) in [5.41, 5.74) is 1.24. The molecule has 0 aliphatic rings. The second-order valence-electron chi connectivity index (χ2n) is 5.28. The summed E-state index contributed by atoms with van der Waals surface area (Å²) in [7, 11) is 1.68. The number of carbonyl (C=O) groups excluding carboxylic acids is 2. The lowest BCUT2D eigenvalue weighted by atomic mass is 10.3. The van der Waals surface area contributed by atoms with Crippen LogP contribution in [-0.4, -0.2) is 45.5 Å². The van der Waals surface area contributed by atoms with Crippen LogP contribution in [0.1, 0.15) is 13.8 Å². The molecule has 1 N–H and O–H groups in total. The van der Waals surface area contributed by atoms with Gasteiger partial charge in [0.2, 0.25) is 11.8 Å². The maximum absolute atomic E-state index is 12.5. The van der Waals surface area contributed by atoms with E-state index >= 15 is 0 Å². The first-order valence-corrected chi connectivity index (χ1v) is 7.68. The van der Waals surface area contributed by atoms with Crippen LogP contribution in [0.15, 0.2) is 29.1 Å². The molecule has 1 heterocycles. The van der Waals surface area contributed by atoms with Crippen LogP contribution >= 0.6 is 0 Å². The molecule has 0 aliphatic carbocycles. The fourth-order valence-electron chi connectivity index (χ4n) is 2.55. The molecular formula is C16H22N4O3. The molecule has 0 radical (unpaired) electrons. The monoisotopic (exact) mass is 318 g/mol. The topological polar surface area (TPSA) is 76.3 Å². The van der Waals surface area contributed by atoms with Crippen LogP contribution in [0.2, 0.25) is 0 Å². The lowest BCUT2D eigenvalue weighted by Crippen LogP contribution is -2.42. The highest BCUT2D eigenvalue weighted by atomic mass is 16.2. The summed E-state index contributed by atoms with van der Waals surface area (Å²) in [6.07, 6.45) is 0. The smallest absolute Gasteiger partial charge is 0.329 e. The van der Waals surface area contributed by atoms with Gasteiger partial charge in [-0.25, -0.2) is 4.79 Å². The molecule has 0 unspecified atom stereocenters. The molecule has 2 aromatic rings. The first-order chi connectivity index (χ1) is 11.0. The quantitative estimate of drug-likeness (QED) is 0.833. The Hall–Kier alpha value is -2.57. The molecule has 124 valence electrons. The van der Waals surface area contributed by atoms with Crippen molar-refractivity contribution in [3.05, 3.63) is 34.7 Å². The zero-order chi connectivity index (χ0) is 17.0. The molecule has 0 fully saturated rings. The number of likely N-dealkylation sites (N-methyl/N-ethyl adjacent to an activating group) is 2. The minimum absolute atomic E-state index is 0.00267. The van der Waals surface area contributed by atoms with Crippen molar-refractivity contribution in [2.45, 2.75) is 20.4 Å². The Bertz CT molecular complexity index is 775. The standard InChI is InChI=1S/C16H22N4O3/c1-4-17-14(21)10-19(5-2)15(22)11-20-13-9-7-6-8-12(13)18(3)16(20)23/h6-9H,4-5,10-11H2,1-3H3,(H,17,21). The van der Waals surface area contributed by atoms with Crippen molar-refractivity contribution >= 4 is 22.8 Å². The molecule has 0 atom stereocenters. The molecule has 0 aliphatic heterocycles. The number of nitrogens with zero attached hydrogens (tertiary/aromatic N) is 3. The molecular weight excluding hydrogens is 296 g/mol. The zero-order valence-electron chi connectivity index (χ0n) is 13.7. The zero-order valence-corrected chi connectivity index (χ0v) is 13.7. The minimum atomic E-state index is -0.253. The lowest BCUT2D eigenvalue weighted by Gasteiger charge is -2.20. The highest BCUT2D eigenvalue weighted by molar-refractivity contribution is 5.85. The van der Waals surface area contributed by atoms with Crippen LogP contribution in [0.3, 0.4) is 0 Å². The summed E-state index contributed by atoms with van der Waals surface area (Å²) in [6, 6.07) is 7.32. The number of amides is 2. The van der Waals surface area contributed by atoms with Crippen molar-refractivity contribution in [2.75, 3.05) is 19.6 Å². The Balaban J connectivity index is 2.24. The van der Waals surface area contributed by atoms with Gasteiger partial charge in [-0.1, -0.05) is 12.1 Å². The van der Waals surface area contributed by atoms with Crippen molar-refractivity contribution in [1.82, 2.24) is 19.4 Å². The number of aromatic nitrogens is 2. The van der Waals surface area contributed by atoms with Gasteiger partial charge >= 0.3 is 5.69 Å². The van der Waals surface area contributed by atoms with Crippen LogP contribution in [-0.2, 0) is 23.2 Å². The van der Waals surface area contributed by atoms with Crippen LogP contribution in [0.5, 0.6) is 0 Å². The predicted molar refractivity (Wildman–Crippen MR) is 88.1 cm³/mol. The number of hydrogen-bond donors (Lipinski definition) is 1. The Morgan fingerprint density at radius 2 is 1.83 bits per heavy atom. The van der Waals surface area contributed by atoms with Crippen molar-refractivity contribution in [3.63, 3.8) is 0 Å². The SMILES string of the molecule is CCNC(=O)CN(CC)C(=O)Cn1c(=O)n(C)c2ccccc21. The first-order valence-electron chi connectivity index (χ1n) is 7.68. The normalized spacial score (nSPS) is 10.7. The maximum atomic E-state index is 12.5. The summed E-state index contributed by atoms with van der Waals surface area (Å²) < 4.78 is 2.96. The number of para-hydroxylation sites is 2. The molecule has 7 nitrogen and oxygen atoms in total. The minimum Gasteiger partial charge on any atom is -0.355 e. The van der Waals surface area contributed by atoms with Crippen LogP contribution in [0, 0.1) is 0 Å². The summed E-state index contributed by atoms with van der Waals surface area (Å²) in [4.78, 5) is 37.9. The number of carbonyl (C=O) groups is 2. The van der Waals surface area contributed by atoms with E-state index in [9.17, 15) is 14.4 Å². The first kappa shape index (κ1) is 16.8. The van der Waals surface area contributed by atoms with Crippen molar-refractivity contribution in [3.8, 4) is 0 Å². The van der Waals surface area contributed by atoms with Crippen LogP contribution in [0.4, 0.5) is 0 Å². The highest BCUT2D eigenvalue weighted by Gasteiger charge is 2.19. The fraction of sp³-hybridized carbons (Fsp3) is 0.438. The summed E-state index contributed by atoms with van der Waals surface area (Å²) >= 11 is 0. The molecule has 2 amide bonds. The van der Waals surface area contributed by atoms with E-state index < -0.39 is 0 Å². The van der Waals surface area contributed by atoms with E-state index in [0.29, 0.717) is 18.6 Å². The molecule has 0 bridgehead atoms. The Morgan fingerprint density at radius 1 is 1.17 bits per heavy atom. The van der Waals surface area contributed by atoms with E-state index in [1.54, 1.807) is 7.05 Å². The number of rotatable bonds is 6. The Kier molecular flexibility index (Phi) is 5.20. The number of aryl methyl sites for hydroxylation is 1. The number of benzene rings is 1. The van der Waals surface area contributed by atoms with Crippen molar-refractivity contribution < 1.29 is 9.59 Å². The molecule has 7 heteroatoms.